The van der Waals surface area contributed by atoms with Gasteiger partial charge in [-0.05, 0) is 60.7 Å². The lowest BCUT2D eigenvalue weighted by Crippen LogP contribution is -2.54. The Hall–Kier alpha value is -3.42. The predicted molar refractivity (Wildman–Crippen MR) is 115 cm³/mol. The number of hydrogen-bond donors (Lipinski definition) is 2. The van der Waals surface area contributed by atoms with Gasteiger partial charge >= 0.3 is 6.03 Å². The maximum atomic E-state index is 13.0. The van der Waals surface area contributed by atoms with Crippen LogP contribution in [0.15, 0.2) is 48.5 Å². The molecule has 0 unspecified atom stereocenters. The zero-order chi connectivity index (χ0) is 22.7. The van der Waals surface area contributed by atoms with Gasteiger partial charge in [0.1, 0.15) is 29.4 Å². The van der Waals surface area contributed by atoms with Crippen molar-refractivity contribution in [2.75, 3.05) is 6.54 Å². The largest absolute Gasteiger partial charge is 0.457 e. The molecule has 2 atom stereocenters. The van der Waals surface area contributed by atoms with Crippen molar-refractivity contribution in [3.8, 4) is 11.5 Å². The van der Waals surface area contributed by atoms with Crippen molar-refractivity contribution in [2.45, 2.75) is 44.7 Å². The minimum atomic E-state index is -0.865. The van der Waals surface area contributed by atoms with Crippen molar-refractivity contribution in [3.05, 3.63) is 59.9 Å². The van der Waals surface area contributed by atoms with Crippen molar-refractivity contribution < 1.29 is 23.5 Å². The van der Waals surface area contributed by atoms with Crippen molar-refractivity contribution in [1.29, 1.82) is 0 Å². The van der Waals surface area contributed by atoms with Crippen LogP contribution in [0.25, 0.3) is 0 Å². The van der Waals surface area contributed by atoms with Crippen LogP contribution in [0.4, 0.5) is 9.18 Å². The summed E-state index contributed by atoms with van der Waals surface area (Å²) in [4.78, 5) is 38.8. The van der Waals surface area contributed by atoms with Crippen molar-refractivity contribution >= 4 is 17.8 Å². The summed E-state index contributed by atoms with van der Waals surface area (Å²) < 4.78 is 18.6. The van der Waals surface area contributed by atoms with Gasteiger partial charge in [0, 0.05) is 6.54 Å². The van der Waals surface area contributed by atoms with E-state index in [0.29, 0.717) is 17.9 Å². The van der Waals surface area contributed by atoms with Crippen LogP contribution in [-0.2, 0) is 16.1 Å². The number of nitrogens with one attached hydrogen (secondary N) is 2. The van der Waals surface area contributed by atoms with E-state index in [1.54, 1.807) is 24.3 Å². The number of carbonyl (C=O) groups excluding carboxylic acids is 3. The van der Waals surface area contributed by atoms with E-state index in [9.17, 15) is 18.8 Å². The molecule has 8 heteroatoms. The van der Waals surface area contributed by atoms with Crippen LogP contribution in [0, 0.1) is 11.7 Å². The molecular weight excluding hydrogens is 413 g/mol. The van der Waals surface area contributed by atoms with Crippen LogP contribution in [0.5, 0.6) is 11.5 Å². The topological polar surface area (TPSA) is 87.7 Å². The van der Waals surface area contributed by atoms with Crippen LogP contribution in [0.3, 0.4) is 0 Å². The number of rotatable bonds is 6. The van der Waals surface area contributed by atoms with Gasteiger partial charge in [0.15, 0.2) is 0 Å². The molecule has 2 aromatic rings. The van der Waals surface area contributed by atoms with E-state index in [-0.39, 0.29) is 30.7 Å². The molecule has 1 aliphatic carbocycles. The second kappa shape index (κ2) is 8.98. The zero-order valence-corrected chi connectivity index (χ0v) is 17.9. The van der Waals surface area contributed by atoms with E-state index >= 15 is 0 Å². The van der Waals surface area contributed by atoms with Gasteiger partial charge in [-0.15, -0.1) is 0 Å². The fourth-order valence-corrected chi connectivity index (χ4v) is 4.35. The SMILES string of the molecule is C[C@H]1CCCC[C@@]12NC(=O)N(CC(=O)NCc1ccc(Oc3ccc(F)cc3)cc1)C2=O. The molecule has 1 saturated heterocycles. The summed E-state index contributed by atoms with van der Waals surface area (Å²) in [5.74, 6) is 0.119. The Morgan fingerprint density at radius 3 is 2.44 bits per heavy atom. The molecule has 32 heavy (non-hydrogen) atoms. The molecule has 2 aliphatic rings. The fraction of sp³-hybridized carbons (Fsp3) is 0.375. The first kappa shape index (κ1) is 21.8. The molecule has 1 aliphatic heterocycles. The summed E-state index contributed by atoms with van der Waals surface area (Å²) in [6.07, 6.45) is 3.42. The average Bonchev–Trinajstić information content (AvgIpc) is 3.02. The summed E-state index contributed by atoms with van der Waals surface area (Å²) in [5, 5.41) is 5.60. The minimum absolute atomic E-state index is 0.0522. The lowest BCUT2D eigenvalue weighted by Gasteiger charge is -2.36. The molecule has 0 radical (unpaired) electrons. The standard InChI is InChI=1S/C24H26FN3O4/c1-16-4-2-3-13-24(16)22(30)28(23(31)27-24)15-21(29)26-14-17-5-9-19(10-6-17)32-20-11-7-18(25)8-12-20/h5-12,16H,2-4,13-15H2,1H3,(H,26,29)(H,27,31)/t16-,24+/m0/s1. The molecule has 2 fully saturated rings. The van der Waals surface area contributed by atoms with Gasteiger partial charge in [0.25, 0.3) is 5.91 Å². The number of amides is 4. The monoisotopic (exact) mass is 439 g/mol. The Balaban J connectivity index is 1.30. The maximum absolute atomic E-state index is 13.0. The Morgan fingerprint density at radius 2 is 1.78 bits per heavy atom. The maximum Gasteiger partial charge on any atom is 0.325 e. The summed E-state index contributed by atoms with van der Waals surface area (Å²) in [6.45, 7) is 1.93. The van der Waals surface area contributed by atoms with E-state index in [1.807, 2.05) is 6.92 Å². The van der Waals surface area contributed by atoms with Gasteiger partial charge in [-0.25, -0.2) is 9.18 Å². The first-order valence-corrected chi connectivity index (χ1v) is 10.8. The fourth-order valence-electron chi connectivity index (χ4n) is 4.35. The molecule has 4 rings (SSSR count). The summed E-state index contributed by atoms with van der Waals surface area (Å²) >= 11 is 0. The molecule has 1 spiro atoms. The molecule has 0 bridgehead atoms. The van der Waals surface area contributed by atoms with Crippen molar-refractivity contribution in [3.63, 3.8) is 0 Å². The molecule has 7 nitrogen and oxygen atoms in total. The van der Waals surface area contributed by atoms with Crippen LogP contribution < -0.4 is 15.4 Å². The molecule has 2 N–H and O–H groups in total. The zero-order valence-electron chi connectivity index (χ0n) is 17.9. The number of urea groups is 1. The van der Waals surface area contributed by atoms with E-state index in [4.69, 9.17) is 4.74 Å². The number of hydrogen-bond acceptors (Lipinski definition) is 4. The van der Waals surface area contributed by atoms with E-state index < -0.39 is 17.5 Å². The molecule has 1 heterocycles. The number of ether oxygens (including phenoxy) is 1. The molecular formula is C24H26FN3O4. The Morgan fingerprint density at radius 1 is 1.12 bits per heavy atom. The number of imide groups is 1. The van der Waals surface area contributed by atoms with Crippen molar-refractivity contribution in [1.82, 2.24) is 15.5 Å². The van der Waals surface area contributed by atoms with Gasteiger partial charge in [-0.3, -0.25) is 14.5 Å². The van der Waals surface area contributed by atoms with Gasteiger partial charge in [-0.1, -0.05) is 31.9 Å². The van der Waals surface area contributed by atoms with Crippen LogP contribution in [-0.4, -0.2) is 34.8 Å². The highest BCUT2D eigenvalue weighted by atomic mass is 19.1. The number of halogens is 1. The Bertz CT molecular complexity index is 1010. The van der Waals surface area contributed by atoms with Crippen molar-refractivity contribution in [2.24, 2.45) is 5.92 Å². The highest BCUT2D eigenvalue weighted by Gasteiger charge is 2.55. The summed E-state index contributed by atoms with van der Waals surface area (Å²) in [5.41, 5.74) is -0.0324. The predicted octanol–water partition coefficient (Wildman–Crippen LogP) is 3.73. The average molecular weight is 439 g/mol. The van der Waals surface area contributed by atoms with Gasteiger partial charge in [-0.2, -0.15) is 0 Å². The normalized spacial score (nSPS) is 22.7. The Labute approximate surface area is 185 Å². The molecule has 168 valence electrons. The molecule has 2 aromatic carbocycles. The Kier molecular flexibility index (Phi) is 6.12. The molecule has 0 aromatic heterocycles. The first-order chi connectivity index (χ1) is 15.4. The molecule has 1 saturated carbocycles. The lowest BCUT2D eigenvalue weighted by molar-refractivity contribution is -0.137. The van der Waals surface area contributed by atoms with Crippen LogP contribution >= 0.6 is 0 Å². The van der Waals surface area contributed by atoms with Gasteiger partial charge < -0.3 is 15.4 Å². The highest BCUT2D eigenvalue weighted by Crippen LogP contribution is 2.38. The quantitative estimate of drug-likeness (QED) is 0.672. The highest BCUT2D eigenvalue weighted by molar-refractivity contribution is 6.09. The molecule has 4 amide bonds. The van der Waals surface area contributed by atoms with E-state index in [0.717, 1.165) is 29.7 Å². The number of nitrogens with zero attached hydrogens (tertiary/aromatic N) is 1. The second-order valence-electron chi connectivity index (χ2n) is 8.42. The lowest BCUT2D eigenvalue weighted by atomic mass is 9.73. The third kappa shape index (κ3) is 4.44. The summed E-state index contributed by atoms with van der Waals surface area (Å²) in [7, 11) is 0. The van der Waals surface area contributed by atoms with E-state index in [2.05, 4.69) is 10.6 Å². The third-order valence-corrected chi connectivity index (χ3v) is 6.27. The van der Waals surface area contributed by atoms with Gasteiger partial charge in [0.05, 0.1) is 0 Å². The number of benzene rings is 2. The van der Waals surface area contributed by atoms with E-state index in [1.165, 1.54) is 24.3 Å². The third-order valence-electron chi connectivity index (χ3n) is 6.27. The van der Waals surface area contributed by atoms with Crippen LogP contribution in [0.2, 0.25) is 0 Å². The van der Waals surface area contributed by atoms with Gasteiger partial charge in [0.2, 0.25) is 5.91 Å². The minimum Gasteiger partial charge on any atom is -0.457 e. The smallest absolute Gasteiger partial charge is 0.325 e. The summed E-state index contributed by atoms with van der Waals surface area (Å²) in [6, 6.07) is 12.3. The number of carbonyl (C=O) groups is 3. The van der Waals surface area contributed by atoms with Crippen LogP contribution in [0.1, 0.15) is 38.2 Å². The second-order valence-corrected chi connectivity index (χ2v) is 8.42. The first-order valence-electron chi connectivity index (χ1n) is 10.8.